The molecule has 1 unspecified atom stereocenters. The molecule has 0 bridgehead atoms. The van der Waals surface area contributed by atoms with E-state index >= 15 is 0 Å². The highest BCUT2D eigenvalue weighted by atomic mass is 32.1. The third-order valence-electron chi connectivity index (χ3n) is 5.57. The van der Waals surface area contributed by atoms with Gasteiger partial charge in [0, 0.05) is 16.5 Å². The maximum Gasteiger partial charge on any atom is 0.263 e. The van der Waals surface area contributed by atoms with Crippen molar-refractivity contribution in [3.8, 4) is 22.5 Å². The highest BCUT2D eigenvalue weighted by Gasteiger charge is 2.23. The number of hydrogen-bond donors (Lipinski definition) is 1. The minimum atomic E-state index is -0.821. The van der Waals surface area contributed by atoms with Crippen LogP contribution in [0.3, 0.4) is 0 Å². The number of aryl methyl sites for hydroxylation is 3. The number of thiophene rings is 1. The van der Waals surface area contributed by atoms with Crippen molar-refractivity contribution >= 4 is 27.5 Å². The van der Waals surface area contributed by atoms with Crippen molar-refractivity contribution in [1.82, 2.24) is 9.55 Å². The van der Waals surface area contributed by atoms with Crippen LogP contribution in [0.25, 0.3) is 32.7 Å². The first kappa shape index (κ1) is 20.0. The van der Waals surface area contributed by atoms with Crippen LogP contribution in [-0.2, 0) is 4.79 Å². The molecule has 6 heteroatoms. The maximum absolute atomic E-state index is 13.7. The smallest absolute Gasteiger partial charge is 0.263 e. The van der Waals surface area contributed by atoms with Gasteiger partial charge in [-0.1, -0.05) is 48.0 Å². The number of aromatic nitrogens is 2. The van der Waals surface area contributed by atoms with Crippen LogP contribution in [0, 0.1) is 20.8 Å². The molecule has 1 amide bonds. The number of fused-ring (bicyclic) bond motifs is 1. The number of carbonyl (C=O) groups excluding carboxylic acids is 1. The molecule has 0 aliphatic carbocycles. The van der Waals surface area contributed by atoms with Gasteiger partial charge in [0.2, 0.25) is 5.91 Å². The van der Waals surface area contributed by atoms with E-state index in [4.69, 9.17) is 10.7 Å². The second-order valence-electron chi connectivity index (χ2n) is 7.68. The highest BCUT2D eigenvalue weighted by molar-refractivity contribution is 7.17. The monoisotopic (exact) mass is 417 g/mol. The van der Waals surface area contributed by atoms with E-state index in [2.05, 4.69) is 19.9 Å². The fraction of sp³-hybridized carbons (Fsp3) is 0.208. The fourth-order valence-corrected chi connectivity index (χ4v) is 4.46. The summed E-state index contributed by atoms with van der Waals surface area (Å²) in [6.07, 6.45) is 0. The van der Waals surface area contributed by atoms with E-state index < -0.39 is 11.9 Å². The van der Waals surface area contributed by atoms with E-state index in [9.17, 15) is 9.59 Å². The van der Waals surface area contributed by atoms with Crippen molar-refractivity contribution in [2.45, 2.75) is 33.7 Å². The van der Waals surface area contributed by atoms with E-state index in [1.165, 1.54) is 21.5 Å². The van der Waals surface area contributed by atoms with Crippen molar-refractivity contribution in [2.75, 3.05) is 0 Å². The molecule has 30 heavy (non-hydrogen) atoms. The quantitative estimate of drug-likeness (QED) is 0.520. The molecular weight excluding hydrogens is 394 g/mol. The molecule has 2 N–H and O–H groups in total. The Hall–Kier alpha value is -3.25. The van der Waals surface area contributed by atoms with Crippen LogP contribution in [0.4, 0.5) is 0 Å². The Bertz CT molecular complexity index is 1330. The molecule has 152 valence electrons. The molecule has 0 fully saturated rings. The van der Waals surface area contributed by atoms with Crippen molar-refractivity contribution in [3.05, 3.63) is 74.9 Å². The lowest BCUT2D eigenvalue weighted by Gasteiger charge is -2.17. The first-order valence-corrected chi connectivity index (χ1v) is 10.6. The number of nitrogens with zero attached hydrogens (tertiary/aromatic N) is 2. The van der Waals surface area contributed by atoms with Crippen LogP contribution in [0.2, 0.25) is 0 Å². The van der Waals surface area contributed by atoms with Gasteiger partial charge in [-0.15, -0.1) is 11.3 Å². The Morgan fingerprint density at radius 2 is 1.70 bits per heavy atom. The molecule has 0 radical (unpaired) electrons. The van der Waals surface area contributed by atoms with Crippen molar-refractivity contribution < 1.29 is 4.79 Å². The number of benzene rings is 2. The zero-order chi connectivity index (χ0) is 21.6. The van der Waals surface area contributed by atoms with Crippen LogP contribution < -0.4 is 11.3 Å². The normalized spacial score (nSPS) is 12.3. The fourth-order valence-electron chi connectivity index (χ4n) is 3.52. The SMILES string of the molecule is Cc1ccc(-c2nc3scc(-c4ccc(C)c(C)c4)c3c(=O)n2C(C)C(N)=O)cc1. The predicted octanol–water partition coefficient (Wildman–Crippen LogP) is 4.76. The highest BCUT2D eigenvalue weighted by Crippen LogP contribution is 2.34. The minimum absolute atomic E-state index is 0.253. The largest absolute Gasteiger partial charge is 0.368 e. The third-order valence-corrected chi connectivity index (χ3v) is 6.44. The standard InChI is InChI=1S/C24H23N3O2S/c1-13-5-8-17(9-6-13)22-26-23-20(24(29)27(22)16(4)21(25)28)19(12-30-23)18-10-7-14(2)15(3)11-18/h5-12,16H,1-4H3,(H2,25,28). The molecule has 0 aliphatic heterocycles. The average Bonchev–Trinajstić information content (AvgIpc) is 3.14. The first-order chi connectivity index (χ1) is 14.3. The molecule has 2 aromatic carbocycles. The van der Waals surface area contributed by atoms with Crippen molar-refractivity contribution in [3.63, 3.8) is 0 Å². The zero-order valence-corrected chi connectivity index (χ0v) is 18.2. The lowest BCUT2D eigenvalue weighted by molar-refractivity contribution is -0.120. The van der Waals surface area contributed by atoms with Crippen LogP contribution in [0.5, 0.6) is 0 Å². The Balaban J connectivity index is 2.04. The lowest BCUT2D eigenvalue weighted by atomic mass is 10.0. The van der Waals surface area contributed by atoms with Crippen LogP contribution in [0.15, 0.2) is 52.6 Å². The van der Waals surface area contributed by atoms with Gasteiger partial charge in [0.1, 0.15) is 16.7 Å². The predicted molar refractivity (Wildman–Crippen MR) is 123 cm³/mol. The summed E-state index contributed by atoms with van der Waals surface area (Å²) in [5.74, 6) is -0.123. The van der Waals surface area contributed by atoms with Crippen LogP contribution >= 0.6 is 11.3 Å². The molecule has 0 saturated heterocycles. The molecule has 2 heterocycles. The van der Waals surface area contributed by atoms with Gasteiger partial charge >= 0.3 is 0 Å². The number of amides is 1. The Labute approximate surface area is 178 Å². The van der Waals surface area contributed by atoms with E-state index in [1.807, 2.05) is 48.7 Å². The molecule has 0 saturated carbocycles. The number of rotatable bonds is 4. The molecule has 2 aromatic heterocycles. The van der Waals surface area contributed by atoms with Gasteiger partial charge in [-0.05, 0) is 44.4 Å². The van der Waals surface area contributed by atoms with Gasteiger partial charge < -0.3 is 5.73 Å². The number of hydrogen-bond acceptors (Lipinski definition) is 4. The van der Waals surface area contributed by atoms with Crippen LogP contribution in [0.1, 0.15) is 29.7 Å². The second kappa shape index (κ2) is 7.54. The molecule has 4 rings (SSSR count). The van der Waals surface area contributed by atoms with Gasteiger partial charge in [0.15, 0.2) is 0 Å². The Morgan fingerprint density at radius 1 is 1.03 bits per heavy atom. The molecule has 4 aromatic rings. The average molecular weight is 418 g/mol. The number of nitrogens with two attached hydrogens (primary N) is 1. The molecule has 1 atom stereocenters. The van der Waals surface area contributed by atoms with Crippen LogP contribution in [-0.4, -0.2) is 15.5 Å². The van der Waals surface area contributed by atoms with Crippen molar-refractivity contribution in [1.29, 1.82) is 0 Å². The first-order valence-electron chi connectivity index (χ1n) is 9.75. The zero-order valence-electron chi connectivity index (χ0n) is 17.4. The van der Waals surface area contributed by atoms with Crippen molar-refractivity contribution in [2.24, 2.45) is 5.73 Å². The van der Waals surface area contributed by atoms with E-state index in [1.54, 1.807) is 6.92 Å². The van der Waals surface area contributed by atoms with Gasteiger partial charge in [-0.25, -0.2) is 4.98 Å². The summed E-state index contributed by atoms with van der Waals surface area (Å²) in [5.41, 5.74) is 11.3. The Kier molecular flexibility index (Phi) is 5.03. The van der Waals surface area contributed by atoms with Gasteiger partial charge in [-0.3, -0.25) is 14.2 Å². The summed E-state index contributed by atoms with van der Waals surface area (Å²) in [5, 5.41) is 2.48. The lowest BCUT2D eigenvalue weighted by Crippen LogP contribution is -2.33. The molecule has 0 spiro atoms. The van der Waals surface area contributed by atoms with E-state index in [-0.39, 0.29) is 5.56 Å². The van der Waals surface area contributed by atoms with E-state index in [0.717, 1.165) is 27.8 Å². The van der Waals surface area contributed by atoms with Gasteiger partial charge in [-0.2, -0.15) is 0 Å². The number of primary amides is 1. The molecule has 0 aliphatic rings. The minimum Gasteiger partial charge on any atom is -0.368 e. The van der Waals surface area contributed by atoms with E-state index in [0.29, 0.717) is 16.0 Å². The van der Waals surface area contributed by atoms with Gasteiger partial charge in [0.05, 0.1) is 5.39 Å². The summed E-state index contributed by atoms with van der Waals surface area (Å²) in [6, 6.07) is 13.0. The summed E-state index contributed by atoms with van der Waals surface area (Å²) < 4.78 is 1.42. The maximum atomic E-state index is 13.7. The molecule has 5 nitrogen and oxygen atoms in total. The topological polar surface area (TPSA) is 78.0 Å². The summed E-state index contributed by atoms with van der Waals surface area (Å²) in [6.45, 7) is 7.74. The van der Waals surface area contributed by atoms with Gasteiger partial charge in [0.25, 0.3) is 5.56 Å². The molecular formula is C24H23N3O2S. The summed E-state index contributed by atoms with van der Waals surface area (Å²) in [7, 11) is 0. The summed E-state index contributed by atoms with van der Waals surface area (Å²) >= 11 is 1.43. The second-order valence-corrected chi connectivity index (χ2v) is 8.54. The Morgan fingerprint density at radius 3 is 2.33 bits per heavy atom. The number of carbonyl (C=O) groups is 1. The third kappa shape index (κ3) is 3.33. The summed E-state index contributed by atoms with van der Waals surface area (Å²) in [4.78, 5) is 31.2.